The van der Waals surface area contributed by atoms with Crippen LogP contribution in [0.3, 0.4) is 0 Å². The molecule has 3 N–H and O–H groups in total. The molecule has 0 aliphatic carbocycles. The maximum Gasteiger partial charge on any atom is 0.229 e. The molecule has 2 unspecified atom stereocenters. The SMILES string of the molecule is CN1CCC(CCNC(=O)C2(C)COCC2N)CC1. The van der Waals surface area contributed by atoms with Gasteiger partial charge in [0, 0.05) is 12.6 Å². The molecule has 0 aromatic rings. The summed E-state index contributed by atoms with van der Waals surface area (Å²) >= 11 is 0. The van der Waals surface area contributed by atoms with E-state index >= 15 is 0 Å². The van der Waals surface area contributed by atoms with Crippen LogP contribution in [0.15, 0.2) is 0 Å². The monoisotopic (exact) mass is 269 g/mol. The summed E-state index contributed by atoms with van der Waals surface area (Å²) in [4.78, 5) is 14.6. The van der Waals surface area contributed by atoms with Crippen LogP contribution in [0.5, 0.6) is 0 Å². The van der Waals surface area contributed by atoms with Crippen molar-refractivity contribution in [3.8, 4) is 0 Å². The maximum atomic E-state index is 12.2. The van der Waals surface area contributed by atoms with Crippen LogP contribution in [-0.4, -0.2) is 56.7 Å². The molecule has 0 spiro atoms. The molecule has 0 aromatic carbocycles. The van der Waals surface area contributed by atoms with E-state index < -0.39 is 5.41 Å². The van der Waals surface area contributed by atoms with E-state index in [-0.39, 0.29) is 11.9 Å². The summed E-state index contributed by atoms with van der Waals surface area (Å²) in [5.41, 5.74) is 5.40. The number of ether oxygens (including phenoxy) is 1. The highest BCUT2D eigenvalue weighted by Crippen LogP contribution is 2.27. The fourth-order valence-corrected chi connectivity index (χ4v) is 2.87. The van der Waals surface area contributed by atoms with Gasteiger partial charge in [0.15, 0.2) is 0 Å². The molecule has 2 heterocycles. The van der Waals surface area contributed by atoms with Gasteiger partial charge in [-0.3, -0.25) is 4.79 Å². The van der Waals surface area contributed by atoms with Crippen LogP contribution in [-0.2, 0) is 9.53 Å². The van der Waals surface area contributed by atoms with Crippen molar-refractivity contribution in [2.45, 2.75) is 32.2 Å². The Labute approximate surface area is 115 Å². The molecule has 2 rings (SSSR count). The number of nitrogens with one attached hydrogen (secondary N) is 1. The van der Waals surface area contributed by atoms with E-state index in [1.54, 1.807) is 0 Å². The lowest BCUT2D eigenvalue weighted by atomic mass is 9.84. The second-order valence-corrected chi connectivity index (χ2v) is 6.33. The van der Waals surface area contributed by atoms with E-state index in [0.29, 0.717) is 13.2 Å². The van der Waals surface area contributed by atoms with Crippen molar-refractivity contribution >= 4 is 5.91 Å². The smallest absolute Gasteiger partial charge is 0.229 e. The van der Waals surface area contributed by atoms with Crippen molar-refractivity contribution < 1.29 is 9.53 Å². The Morgan fingerprint density at radius 3 is 2.74 bits per heavy atom. The first-order valence-electron chi connectivity index (χ1n) is 7.32. The van der Waals surface area contributed by atoms with Gasteiger partial charge < -0.3 is 20.7 Å². The molecule has 19 heavy (non-hydrogen) atoms. The van der Waals surface area contributed by atoms with E-state index in [1.807, 2.05) is 6.92 Å². The molecule has 2 aliphatic rings. The van der Waals surface area contributed by atoms with Gasteiger partial charge in [0.25, 0.3) is 0 Å². The number of carbonyl (C=O) groups excluding carboxylic acids is 1. The number of amides is 1. The van der Waals surface area contributed by atoms with Crippen molar-refractivity contribution in [3.05, 3.63) is 0 Å². The summed E-state index contributed by atoms with van der Waals surface area (Å²) in [6.07, 6.45) is 3.56. The average molecular weight is 269 g/mol. The van der Waals surface area contributed by atoms with Gasteiger partial charge in [0.1, 0.15) is 0 Å². The van der Waals surface area contributed by atoms with E-state index in [4.69, 9.17) is 10.5 Å². The molecule has 0 bridgehead atoms. The zero-order valence-electron chi connectivity index (χ0n) is 12.2. The number of carbonyl (C=O) groups is 1. The molecule has 5 heteroatoms. The van der Waals surface area contributed by atoms with Gasteiger partial charge in [-0.25, -0.2) is 0 Å². The number of nitrogens with two attached hydrogens (primary N) is 1. The second-order valence-electron chi connectivity index (χ2n) is 6.33. The van der Waals surface area contributed by atoms with E-state index in [1.165, 1.54) is 25.9 Å². The number of hydrogen-bond acceptors (Lipinski definition) is 4. The number of hydrogen-bond donors (Lipinski definition) is 2. The normalized spacial score (nSPS) is 33.5. The molecule has 2 aliphatic heterocycles. The minimum absolute atomic E-state index is 0.0467. The van der Waals surface area contributed by atoms with Crippen LogP contribution in [0.1, 0.15) is 26.2 Å². The van der Waals surface area contributed by atoms with Gasteiger partial charge in [0.05, 0.1) is 18.6 Å². The van der Waals surface area contributed by atoms with Crippen molar-refractivity contribution in [2.75, 3.05) is 39.9 Å². The maximum absolute atomic E-state index is 12.2. The standard InChI is InChI=1S/C14H27N3O2/c1-14(10-19-9-12(14)15)13(18)16-6-3-11-4-7-17(2)8-5-11/h11-12H,3-10,15H2,1-2H3,(H,16,18). The van der Waals surface area contributed by atoms with Crippen molar-refractivity contribution in [2.24, 2.45) is 17.1 Å². The number of rotatable bonds is 4. The number of nitrogens with zero attached hydrogens (tertiary/aromatic N) is 1. The summed E-state index contributed by atoms with van der Waals surface area (Å²) in [5.74, 6) is 0.795. The predicted octanol–water partition coefficient (Wildman–Crippen LogP) is 0.198. The molecule has 110 valence electrons. The minimum atomic E-state index is -0.549. The third-order valence-electron chi connectivity index (χ3n) is 4.71. The Hall–Kier alpha value is -0.650. The highest BCUT2D eigenvalue weighted by Gasteiger charge is 2.44. The Balaban J connectivity index is 1.69. The highest BCUT2D eigenvalue weighted by molar-refractivity contribution is 5.83. The molecule has 2 fully saturated rings. The largest absolute Gasteiger partial charge is 0.379 e. The fraction of sp³-hybridized carbons (Fsp3) is 0.929. The van der Waals surface area contributed by atoms with E-state index in [9.17, 15) is 4.79 Å². The average Bonchev–Trinajstić information content (AvgIpc) is 2.73. The van der Waals surface area contributed by atoms with Crippen LogP contribution in [0.2, 0.25) is 0 Å². The summed E-state index contributed by atoms with van der Waals surface area (Å²) in [7, 11) is 2.17. The van der Waals surface area contributed by atoms with Gasteiger partial charge >= 0.3 is 0 Å². The van der Waals surface area contributed by atoms with Crippen LogP contribution >= 0.6 is 0 Å². The summed E-state index contributed by atoms with van der Waals surface area (Å²) < 4.78 is 5.31. The van der Waals surface area contributed by atoms with Crippen LogP contribution in [0.4, 0.5) is 0 Å². The third-order valence-corrected chi connectivity index (χ3v) is 4.71. The molecular weight excluding hydrogens is 242 g/mol. The van der Waals surface area contributed by atoms with Gasteiger partial charge in [0.2, 0.25) is 5.91 Å². The highest BCUT2D eigenvalue weighted by atomic mass is 16.5. The molecular formula is C14H27N3O2. The van der Waals surface area contributed by atoms with Crippen LogP contribution in [0.25, 0.3) is 0 Å². The minimum Gasteiger partial charge on any atom is -0.379 e. The molecule has 2 saturated heterocycles. The van der Waals surface area contributed by atoms with E-state index in [2.05, 4.69) is 17.3 Å². The predicted molar refractivity (Wildman–Crippen MR) is 74.7 cm³/mol. The van der Waals surface area contributed by atoms with E-state index in [0.717, 1.165) is 18.9 Å². The molecule has 0 radical (unpaired) electrons. The number of likely N-dealkylation sites (tertiary alicyclic amines) is 1. The fourth-order valence-electron chi connectivity index (χ4n) is 2.87. The lowest BCUT2D eigenvalue weighted by Crippen LogP contribution is -2.50. The van der Waals surface area contributed by atoms with Gasteiger partial charge in [-0.15, -0.1) is 0 Å². The quantitative estimate of drug-likeness (QED) is 0.765. The van der Waals surface area contributed by atoms with Crippen molar-refractivity contribution in [1.29, 1.82) is 0 Å². The Bertz CT molecular complexity index is 316. The van der Waals surface area contributed by atoms with Crippen molar-refractivity contribution in [1.82, 2.24) is 10.2 Å². The number of piperidine rings is 1. The van der Waals surface area contributed by atoms with Gasteiger partial charge in [-0.05, 0) is 52.2 Å². The molecule has 2 atom stereocenters. The first-order chi connectivity index (χ1) is 9.02. The third kappa shape index (κ3) is 3.46. The first kappa shape index (κ1) is 14.8. The Morgan fingerprint density at radius 1 is 1.47 bits per heavy atom. The Kier molecular flexibility index (Phi) is 4.81. The summed E-state index contributed by atoms with van der Waals surface area (Å²) in [6, 6.07) is -0.184. The lowest BCUT2D eigenvalue weighted by molar-refractivity contribution is -0.130. The molecule has 0 aromatic heterocycles. The molecule has 1 amide bonds. The van der Waals surface area contributed by atoms with Crippen LogP contribution < -0.4 is 11.1 Å². The van der Waals surface area contributed by atoms with Crippen molar-refractivity contribution in [3.63, 3.8) is 0 Å². The topological polar surface area (TPSA) is 67.6 Å². The zero-order valence-corrected chi connectivity index (χ0v) is 12.2. The summed E-state index contributed by atoms with van der Waals surface area (Å²) in [6.45, 7) is 5.93. The zero-order chi connectivity index (χ0) is 13.9. The first-order valence-corrected chi connectivity index (χ1v) is 7.32. The second kappa shape index (κ2) is 6.20. The molecule has 5 nitrogen and oxygen atoms in total. The lowest BCUT2D eigenvalue weighted by Gasteiger charge is -2.30. The summed E-state index contributed by atoms with van der Waals surface area (Å²) in [5, 5.41) is 3.04. The Morgan fingerprint density at radius 2 is 2.16 bits per heavy atom. The van der Waals surface area contributed by atoms with Gasteiger partial charge in [-0.2, -0.15) is 0 Å². The van der Waals surface area contributed by atoms with Gasteiger partial charge in [-0.1, -0.05) is 0 Å². The molecule has 0 saturated carbocycles. The van der Waals surface area contributed by atoms with Crippen LogP contribution in [0, 0.1) is 11.3 Å².